The summed E-state index contributed by atoms with van der Waals surface area (Å²) in [5.74, 6) is 0.724. The molecular weight excluding hydrogens is 330 g/mol. The Morgan fingerprint density at radius 1 is 0.962 bits per heavy atom. The maximum atomic E-state index is 12.8. The molecule has 0 aromatic carbocycles. The highest BCUT2D eigenvalue weighted by atomic mass is 16.2. The van der Waals surface area contributed by atoms with Gasteiger partial charge in [0.15, 0.2) is 0 Å². The number of nitrogens with zero attached hydrogens (tertiary/aromatic N) is 5. The van der Waals surface area contributed by atoms with Crippen LogP contribution in [0.2, 0.25) is 0 Å². The summed E-state index contributed by atoms with van der Waals surface area (Å²) < 4.78 is 0. The molecule has 0 N–H and O–H groups in total. The summed E-state index contributed by atoms with van der Waals surface area (Å²) in [4.78, 5) is 39.6. The quantitative estimate of drug-likeness (QED) is 0.805. The molecule has 3 heterocycles. The molecule has 4 rings (SSSR count). The first-order valence-corrected chi connectivity index (χ1v) is 9.72. The zero-order valence-corrected chi connectivity index (χ0v) is 15.4. The van der Waals surface area contributed by atoms with Crippen molar-refractivity contribution in [2.75, 3.05) is 39.3 Å². The summed E-state index contributed by atoms with van der Waals surface area (Å²) in [6.07, 6.45) is 8.15. The predicted octanol–water partition coefficient (Wildman–Crippen LogP) is 0.944. The molecule has 140 valence electrons. The SMILES string of the molecule is Cc1ncc(C(=O)N2CC(C(=O)N3CCCN(C4CCC4)CC3)C2)cn1. The number of aryl methyl sites for hydroxylation is 1. The van der Waals surface area contributed by atoms with E-state index in [0.717, 1.165) is 38.6 Å². The highest BCUT2D eigenvalue weighted by molar-refractivity contribution is 5.95. The molecule has 0 spiro atoms. The smallest absolute Gasteiger partial charge is 0.257 e. The van der Waals surface area contributed by atoms with E-state index in [-0.39, 0.29) is 17.7 Å². The van der Waals surface area contributed by atoms with E-state index in [2.05, 4.69) is 14.9 Å². The Balaban J connectivity index is 1.27. The number of aromatic nitrogens is 2. The van der Waals surface area contributed by atoms with Gasteiger partial charge in [-0.3, -0.25) is 14.5 Å². The van der Waals surface area contributed by atoms with E-state index < -0.39 is 0 Å². The number of carbonyl (C=O) groups excluding carboxylic acids is 2. The number of amides is 2. The van der Waals surface area contributed by atoms with Gasteiger partial charge in [0.1, 0.15) is 5.82 Å². The van der Waals surface area contributed by atoms with E-state index in [1.54, 1.807) is 24.2 Å². The minimum Gasteiger partial charge on any atom is -0.341 e. The molecule has 2 aliphatic heterocycles. The maximum absolute atomic E-state index is 12.8. The highest BCUT2D eigenvalue weighted by Gasteiger charge is 2.39. The van der Waals surface area contributed by atoms with Crippen molar-refractivity contribution in [3.05, 3.63) is 23.8 Å². The third-order valence-electron chi connectivity index (χ3n) is 5.98. The van der Waals surface area contributed by atoms with Crippen molar-refractivity contribution in [2.45, 2.75) is 38.6 Å². The Labute approximate surface area is 154 Å². The highest BCUT2D eigenvalue weighted by Crippen LogP contribution is 2.26. The Morgan fingerprint density at radius 3 is 2.35 bits per heavy atom. The summed E-state index contributed by atoms with van der Waals surface area (Å²) in [6.45, 7) is 6.58. The maximum Gasteiger partial charge on any atom is 0.257 e. The molecule has 7 heteroatoms. The molecule has 0 radical (unpaired) electrons. The van der Waals surface area contributed by atoms with Crippen LogP contribution in [0.1, 0.15) is 41.9 Å². The Morgan fingerprint density at radius 2 is 1.69 bits per heavy atom. The van der Waals surface area contributed by atoms with Crippen molar-refractivity contribution in [1.82, 2.24) is 24.7 Å². The molecule has 26 heavy (non-hydrogen) atoms. The van der Waals surface area contributed by atoms with Gasteiger partial charge < -0.3 is 9.80 Å². The van der Waals surface area contributed by atoms with E-state index in [0.29, 0.717) is 24.5 Å². The molecule has 1 saturated carbocycles. The standard InChI is InChI=1S/C19H27N5O2/c1-14-20-10-15(11-21-14)18(25)24-12-16(13-24)19(26)23-7-3-6-22(8-9-23)17-4-2-5-17/h10-11,16-17H,2-9,12-13H2,1H3. The van der Waals surface area contributed by atoms with Crippen LogP contribution in [0.5, 0.6) is 0 Å². The molecule has 1 aromatic rings. The fraction of sp³-hybridized carbons (Fsp3) is 0.684. The van der Waals surface area contributed by atoms with E-state index >= 15 is 0 Å². The van der Waals surface area contributed by atoms with Crippen LogP contribution in [-0.2, 0) is 4.79 Å². The molecule has 1 aromatic heterocycles. The molecule has 0 atom stereocenters. The van der Waals surface area contributed by atoms with Gasteiger partial charge in [0, 0.05) is 57.7 Å². The summed E-state index contributed by atoms with van der Waals surface area (Å²) in [7, 11) is 0. The Kier molecular flexibility index (Phi) is 4.89. The van der Waals surface area contributed by atoms with E-state index in [1.807, 2.05) is 4.90 Å². The number of hydrogen-bond donors (Lipinski definition) is 0. The van der Waals surface area contributed by atoms with Gasteiger partial charge >= 0.3 is 0 Å². The van der Waals surface area contributed by atoms with E-state index in [4.69, 9.17) is 0 Å². The minimum absolute atomic E-state index is 0.0550. The first kappa shape index (κ1) is 17.4. The lowest BCUT2D eigenvalue weighted by Gasteiger charge is -2.40. The van der Waals surface area contributed by atoms with Crippen LogP contribution in [0.15, 0.2) is 12.4 Å². The first-order chi connectivity index (χ1) is 12.6. The average molecular weight is 357 g/mol. The van der Waals surface area contributed by atoms with Gasteiger partial charge in [-0.15, -0.1) is 0 Å². The van der Waals surface area contributed by atoms with Gasteiger partial charge in [-0.1, -0.05) is 6.42 Å². The van der Waals surface area contributed by atoms with Gasteiger partial charge in [-0.05, 0) is 26.2 Å². The molecule has 7 nitrogen and oxygen atoms in total. The van der Waals surface area contributed by atoms with E-state index in [1.165, 1.54) is 19.3 Å². The second-order valence-electron chi connectivity index (χ2n) is 7.73. The molecular formula is C19H27N5O2. The monoisotopic (exact) mass is 357 g/mol. The van der Waals surface area contributed by atoms with Crippen LogP contribution < -0.4 is 0 Å². The Bertz CT molecular complexity index is 667. The number of likely N-dealkylation sites (tertiary alicyclic amines) is 1. The van der Waals surface area contributed by atoms with Crippen molar-refractivity contribution in [3.8, 4) is 0 Å². The van der Waals surface area contributed by atoms with Gasteiger partial charge in [0.05, 0.1) is 11.5 Å². The molecule has 2 saturated heterocycles. The summed E-state index contributed by atoms with van der Waals surface area (Å²) in [5.41, 5.74) is 0.493. The molecule has 1 aliphatic carbocycles. The number of hydrogen-bond acceptors (Lipinski definition) is 5. The van der Waals surface area contributed by atoms with Gasteiger partial charge in [-0.25, -0.2) is 9.97 Å². The van der Waals surface area contributed by atoms with Crippen LogP contribution >= 0.6 is 0 Å². The molecule has 0 bridgehead atoms. The van der Waals surface area contributed by atoms with Gasteiger partial charge in [0.25, 0.3) is 5.91 Å². The number of rotatable bonds is 3. The van der Waals surface area contributed by atoms with E-state index in [9.17, 15) is 9.59 Å². The lowest BCUT2D eigenvalue weighted by Crippen LogP contribution is -2.56. The van der Waals surface area contributed by atoms with Crippen LogP contribution in [0.4, 0.5) is 0 Å². The molecule has 0 unspecified atom stereocenters. The minimum atomic E-state index is -0.0823. The van der Waals surface area contributed by atoms with Crippen LogP contribution in [0.3, 0.4) is 0 Å². The van der Waals surface area contributed by atoms with Crippen molar-refractivity contribution in [1.29, 1.82) is 0 Å². The van der Waals surface area contributed by atoms with Crippen molar-refractivity contribution >= 4 is 11.8 Å². The van der Waals surface area contributed by atoms with Crippen molar-refractivity contribution in [3.63, 3.8) is 0 Å². The lowest BCUT2D eigenvalue weighted by molar-refractivity contribution is -0.139. The molecule has 3 fully saturated rings. The third kappa shape index (κ3) is 3.45. The fourth-order valence-corrected chi connectivity index (χ4v) is 4.02. The van der Waals surface area contributed by atoms with Gasteiger partial charge in [-0.2, -0.15) is 0 Å². The van der Waals surface area contributed by atoms with Crippen LogP contribution in [-0.4, -0.2) is 81.8 Å². The molecule has 3 aliphatic rings. The summed E-state index contributed by atoms with van der Waals surface area (Å²) in [5, 5.41) is 0. The molecule has 2 amide bonds. The lowest BCUT2D eigenvalue weighted by atomic mass is 9.91. The van der Waals surface area contributed by atoms with Gasteiger partial charge in [0.2, 0.25) is 5.91 Å². The fourth-order valence-electron chi connectivity index (χ4n) is 4.02. The van der Waals surface area contributed by atoms with Crippen molar-refractivity contribution in [2.24, 2.45) is 5.92 Å². The predicted molar refractivity (Wildman–Crippen MR) is 96.6 cm³/mol. The zero-order chi connectivity index (χ0) is 18.1. The normalized spacial score (nSPS) is 22.5. The second-order valence-corrected chi connectivity index (χ2v) is 7.73. The topological polar surface area (TPSA) is 69.6 Å². The first-order valence-electron chi connectivity index (χ1n) is 9.72. The number of carbonyl (C=O) groups is 2. The average Bonchev–Trinajstić information content (AvgIpc) is 2.78. The zero-order valence-electron chi connectivity index (χ0n) is 15.4. The van der Waals surface area contributed by atoms with Crippen LogP contribution in [0.25, 0.3) is 0 Å². The largest absolute Gasteiger partial charge is 0.341 e. The third-order valence-corrected chi connectivity index (χ3v) is 5.98. The van der Waals surface area contributed by atoms with Crippen molar-refractivity contribution < 1.29 is 9.59 Å². The summed E-state index contributed by atoms with van der Waals surface area (Å²) in [6, 6.07) is 0.749. The summed E-state index contributed by atoms with van der Waals surface area (Å²) >= 11 is 0. The second kappa shape index (κ2) is 7.31. The Hall–Kier alpha value is -2.02. The van der Waals surface area contributed by atoms with Crippen LogP contribution in [0, 0.1) is 12.8 Å².